The van der Waals surface area contributed by atoms with Crippen molar-refractivity contribution >= 4 is 52.3 Å². The highest BCUT2D eigenvalue weighted by atomic mass is 31.2. The van der Waals surface area contributed by atoms with Gasteiger partial charge in [-0.05, 0) is 6.07 Å². The van der Waals surface area contributed by atoms with Crippen molar-refractivity contribution in [3.8, 4) is 0 Å². The van der Waals surface area contributed by atoms with E-state index in [4.69, 9.17) is 73.3 Å². The molecule has 1 aromatic rings. The first-order valence-electron chi connectivity index (χ1n) is 7.83. The number of nitrogen functional groups attached to an aromatic ring is 1. The summed E-state index contributed by atoms with van der Waals surface area (Å²) < 4.78 is 33.1. The second-order valence-electron chi connectivity index (χ2n) is 5.70. The monoisotopic (exact) mass is 577 g/mol. The van der Waals surface area contributed by atoms with Gasteiger partial charge in [0.2, 0.25) is 0 Å². The molecule has 0 saturated carbocycles. The van der Waals surface area contributed by atoms with E-state index in [0.29, 0.717) is 0 Å². The summed E-state index contributed by atoms with van der Waals surface area (Å²) in [7, 11) is -13.9. The van der Waals surface area contributed by atoms with E-state index in [9.17, 15) is 15.0 Å². The smallest absolute Gasteiger partial charge is 0.394 e. The molecule has 0 aliphatic carbocycles. The third-order valence-corrected chi connectivity index (χ3v) is 2.91. The number of aliphatic hydroxyl groups is 3. The van der Waals surface area contributed by atoms with E-state index in [2.05, 4.69) is 4.98 Å². The normalized spacial score (nSPS) is 22.0. The Morgan fingerprint density at radius 1 is 0.882 bits per heavy atom. The number of phosphoric acid groups is 3. The van der Waals surface area contributed by atoms with Crippen LogP contribution >= 0.6 is 23.5 Å². The fourth-order valence-electron chi connectivity index (χ4n) is 1.90. The van der Waals surface area contributed by atoms with Crippen LogP contribution < -0.4 is 11.4 Å². The van der Waals surface area contributed by atoms with Gasteiger partial charge in [-0.1, -0.05) is 0 Å². The fraction of sp³-hybridized carbons (Fsp3) is 0.600. The van der Waals surface area contributed by atoms with E-state index in [1.54, 1.807) is 0 Å². The Hall–Kier alpha value is -0.384. The van der Waals surface area contributed by atoms with E-state index in [1.165, 1.54) is 16.8 Å². The lowest BCUT2D eigenvalue weighted by Crippen LogP contribution is -2.37. The molecule has 4 atom stereocenters. The first kappa shape index (κ1) is 38.2. The van der Waals surface area contributed by atoms with Gasteiger partial charge in [-0.15, -0.1) is 0 Å². The average Bonchev–Trinajstić information content (AvgIpc) is 2.80. The van der Waals surface area contributed by atoms with Crippen LogP contribution in [0.1, 0.15) is 0 Å². The molecular weight excluding hydrogens is 551 g/mol. The number of anilines is 1. The van der Waals surface area contributed by atoms with Gasteiger partial charge in [-0.25, -0.2) is 18.5 Å². The van der Waals surface area contributed by atoms with Gasteiger partial charge in [0.1, 0.15) is 30.2 Å². The molecule has 200 valence electrons. The Labute approximate surface area is 205 Å². The molecule has 1 aliphatic rings. The molecule has 20 nitrogen and oxygen atoms in total. The minimum Gasteiger partial charge on any atom is -0.394 e. The molecule has 14 N–H and O–H groups in total. The second kappa shape index (κ2) is 16.4. The number of rotatable bonds is 3. The van der Waals surface area contributed by atoms with E-state index < -0.39 is 60.2 Å². The number of hydrogen-bond donors (Lipinski definition) is 13. The standard InChI is InChI=1S/C10H15N3O5.Mg.3H3O4P.2H/c11-7-1-2-13(10(17)12-7)3-5-8(15)9(16)6(4-14)18-5;;3*1-5(2,3)4;;/h1-2,5-6,8-9,14-16H,3-4H2,(H2,11,12,17);;3*(H3,1,2,3,4);;/t5-,6+,8-,9+;;;;;;/m0....../s1. The maximum absolute atomic E-state index is 11.5. The molecule has 34 heavy (non-hydrogen) atoms. The Morgan fingerprint density at radius 3 is 1.53 bits per heavy atom. The molecule has 1 saturated heterocycles. The molecular formula is C10H26MgN3O17P3. The molecule has 1 fully saturated rings. The lowest BCUT2D eigenvalue weighted by atomic mass is 10.1. The number of aliphatic hydroxyl groups excluding tert-OH is 3. The molecule has 0 unspecified atom stereocenters. The van der Waals surface area contributed by atoms with E-state index in [1.807, 2.05) is 0 Å². The van der Waals surface area contributed by atoms with Crippen LogP contribution in [0.5, 0.6) is 0 Å². The minimum atomic E-state index is -4.64. The van der Waals surface area contributed by atoms with Crippen LogP contribution in [0.3, 0.4) is 0 Å². The van der Waals surface area contributed by atoms with Gasteiger partial charge in [0.25, 0.3) is 0 Å². The summed E-state index contributed by atoms with van der Waals surface area (Å²) in [5, 5.41) is 28.2. The number of hydrogen-bond acceptors (Lipinski definition) is 10. The van der Waals surface area contributed by atoms with Crippen LogP contribution in [-0.4, -0.2) is 123 Å². The van der Waals surface area contributed by atoms with Gasteiger partial charge < -0.3 is 69.8 Å². The van der Waals surface area contributed by atoms with Crippen molar-refractivity contribution in [3.63, 3.8) is 0 Å². The van der Waals surface area contributed by atoms with Crippen molar-refractivity contribution in [1.29, 1.82) is 0 Å². The number of nitrogens with two attached hydrogens (primary N) is 1. The van der Waals surface area contributed by atoms with Crippen molar-refractivity contribution in [1.82, 2.24) is 9.55 Å². The zero-order valence-electron chi connectivity index (χ0n) is 16.1. The summed E-state index contributed by atoms with van der Waals surface area (Å²) in [6.07, 6.45) is -2.52. The number of ether oxygens (including phenoxy) is 1. The van der Waals surface area contributed by atoms with Crippen molar-refractivity contribution in [2.24, 2.45) is 0 Å². The zero-order chi connectivity index (χ0) is 26.8. The van der Waals surface area contributed by atoms with Gasteiger partial charge in [0.15, 0.2) is 0 Å². The number of nitrogens with zero attached hydrogens (tertiary/aromatic N) is 2. The lowest BCUT2D eigenvalue weighted by molar-refractivity contribution is -0.0269. The number of aromatic nitrogens is 2. The third-order valence-electron chi connectivity index (χ3n) is 2.91. The highest BCUT2D eigenvalue weighted by Crippen LogP contribution is 2.26. The molecule has 1 aromatic heterocycles. The third kappa shape index (κ3) is 24.7. The van der Waals surface area contributed by atoms with Crippen LogP contribution in [-0.2, 0) is 25.0 Å². The quantitative estimate of drug-likeness (QED) is 0.117. The van der Waals surface area contributed by atoms with E-state index in [-0.39, 0.29) is 35.4 Å². The molecule has 0 radical (unpaired) electrons. The van der Waals surface area contributed by atoms with Crippen LogP contribution in [0.4, 0.5) is 5.82 Å². The Bertz CT molecular complexity index is 842. The predicted molar refractivity (Wildman–Crippen MR) is 112 cm³/mol. The molecule has 2 heterocycles. The van der Waals surface area contributed by atoms with Gasteiger partial charge >= 0.3 is 52.2 Å². The summed E-state index contributed by atoms with van der Waals surface area (Å²) in [5.74, 6) is 0.109. The summed E-state index contributed by atoms with van der Waals surface area (Å²) in [4.78, 5) is 79.7. The zero-order valence-corrected chi connectivity index (χ0v) is 18.8. The molecule has 24 heteroatoms. The van der Waals surface area contributed by atoms with Crippen LogP contribution in [0, 0.1) is 0 Å². The van der Waals surface area contributed by atoms with Crippen molar-refractivity contribution in [2.45, 2.75) is 31.0 Å². The Kier molecular flexibility index (Phi) is 18.4. The molecule has 2 rings (SSSR count). The minimum absolute atomic E-state index is 0. The first-order valence-corrected chi connectivity index (χ1v) is 12.5. The van der Waals surface area contributed by atoms with E-state index in [0.717, 1.165) is 0 Å². The summed E-state index contributed by atoms with van der Waals surface area (Å²) in [6, 6.07) is 1.45. The van der Waals surface area contributed by atoms with Crippen molar-refractivity contribution in [2.75, 3.05) is 12.3 Å². The van der Waals surface area contributed by atoms with Gasteiger partial charge in [0, 0.05) is 6.20 Å². The van der Waals surface area contributed by atoms with Crippen LogP contribution in [0.15, 0.2) is 17.1 Å². The van der Waals surface area contributed by atoms with Crippen molar-refractivity contribution < 1.29 is 77.8 Å². The highest BCUT2D eigenvalue weighted by molar-refractivity contribution is 7.45. The first-order chi connectivity index (χ1) is 14.5. The summed E-state index contributed by atoms with van der Waals surface area (Å²) >= 11 is 0. The second-order valence-corrected chi connectivity index (χ2v) is 8.78. The van der Waals surface area contributed by atoms with E-state index >= 15 is 0 Å². The lowest BCUT2D eigenvalue weighted by Gasteiger charge is -2.15. The average molecular weight is 578 g/mol. The Morgan fingerprint density at radius 2 is 1.24 bits per heavy atom. The summed E-state index contributed by atoms with van der Waals surface area (Å²) in [6.45, 7) is -0.371. The van der Waals surface area contributed by atoms with Gasteiger partial charge in [-0.2, -0.15) is 4.98 Å². The largest absolute Gasteiger partial charge is 0.466 e. The maximum Gasteiger partial charge on any atom is 0.466 e. The molecule has 0 amide bonds. The van der Waals surface area contributed by atoms with Crippen LogP contribution in [0.25, 0.3) is 0 Å². The molecule has 0 spiro atoms. The van der Waals surface area contributed by atoms with Gasteiger partial charge in [-0.3, -0.25) is 4.57 Å². The van der Waals surface area contributed by atoms with Crippen LogP contribution in [0.2, 0.25) is 0 Å². The highest BCUT2D eigenvalue weighted by Gasteiger charge is 2.42. The summed E-state index contributed by atoms with van der Waals surface area (Å²) in [5.41, 5.74) is 4.79. The molecule has 0 bridgehead atoms. The SMILES string of the molecule is Nc1ccn(C[C@@H]2O[C@H](CO)[C@@H](O)[C@H]2O)c(=O)n1.O=P(O)(O)O.O=P(O)(O)O.O=P(O)(O)O.[MgH2]. The van der Waals surface area contributed by atoms with Gasteiger partial charge in [0.05, 0.1) is 13.2 Å². The Balaban J connectivity index is -0.000000496. The fourth-order valence-corrected chi connectivity index (χ4v) is 1.90. The molecule has 1 aliphatic heterocycles. The van der Waals surface area contributed by atoms with Crippen molar-refractivity contribution in [3.05, 3.63) is 22.7 Å². The molecule has 0 aromatic carbocycles. The maximum atomic E-state index is 11.5. The predicted octanol–water partition coefficient (Wildman–Crippen LogP) is -6.39. The topological polar surface area (TPSA) is 364 Å².